The van der Waals surface area contributed by atoms with Gasteiger partial charge in [0.05, 0.1) is 17.5 Å². The van der Waals surface area contributed by atoms with Crippen molar-refractivity contribution < 1.29 is 17.6 Å². The number of hydrogen-bond acceptors (Lipinski definition) is 4. The molecule has 0 aliphatic heterocycles. The van der Waals surface area contributed by atoms with E-state index in [1.54, 1.807) is 6.92 Å². The SMILES string of the molecule is CC(NC(=O)CN(C)S(=O)(=O)c1ccc(Cl)cc1)c1cc2ccccc2o1. The normalized spacial score (nSPS) is 13.0. The molecule has 3 aromatic rings. The lowest BCUT2D eigenvalue weighted by Crippen LogP contribution is -2.39. The fourth-order valence-corrected chi connectivity index (χ4v) is 3.90. The summed E-state index contributed by atoms with van der Waals surface area (Å²) in [4.78, 5) is 12.4. The number of rotatable bonds is 6. The van der Waals surface area contributed by atoms with Crippen LogP contribution in [-0.2, 0) is 14.8 Å². The zero-order valence-electron chi connectivity index (χ0n) is 14.8. The number of halogens is 1. The third-order valence-electron chi connectivity index (χ3n) is 4.14. The minimum absolute atomic E-state index is 0.0764. The fourth-order valence-electron chi connectivity index (χ4n) is 2.65. The number of furan rings is 1. The number of carbonyl (C=O) groups is 1. The van der Waals surface area contributed by atoms with E-state index in [2.05, 4.69) is 5.32 Å². The topological polar surface area (TPSA) is 79.6 Å². The molecule has 0 fully saturated rings. The second-order valence-corrected chi connectivity index (χ2v) is 8.67. The molecule has 0 aliphatic rings. The van der Waals surface area contributed by atoms with Crippen LogP contribution in [0.5, 0.6) is 0 Å². The number of benzene rings is 2. The summed E-state index contributed by atoms with van der Waals surface area (Å²) in [5.74, 6) is 0.177. The zero-order valence-corrected chi connectivity index (χ0v) is 16.4. The van der Waals surface area contributed by atoms with Gasteiger partial charge in [0.1, 0.15) is 11.3 Å². The monoisotopic (exact) mass is 406 g/mol. The molecule has 1 N–H and O–H groups in total. The number of carbonyl (C=O) groups excluding carboxylic acids is 1. The van der Waals surface area contributed by atoms with Gasteiger partial charge >= 0.3 is 0 Å². The molecule has 1 atom stereocenters. The maximum absolute atomic E-state index is 12.5. The minimum atomic E-state index is -3.78. The summed E-state index contributed by atoms with van der Waals surface area (Å²) in [5.41, 5.74) is 0.732. The van der Waals surface area contributed by atoms with Gasteiger partial charge in [0.15, 0.2) is 0 Å². The standard InChI is InChI=1S/C19H19ClN2O4S/c1-13(18-11-14-5-3-4-6-17(14)26-18)21-19(23)12-22(2)27(24,25)16-9-7-15(20)8-10-16/h3-11,13H,12H2,1-2H3,(H,21,23). The maximum Gasteiger partial charge on any atom is 0.243 e. The second kappa shape index (κ2) is 7.72. The van der Waals surface area contributed by atoms with Gasteiger partial charge in [-0.1, -0.05) is 29.8 Å². The number of sulfonamides is 1. The molecular formula is C19H19ClN2O4S. The Hall–Kier alpha value is -2.35. The van der Waals surface area contributed by atoms with Crippen molar-refractivity contribution >= 4 is 38.5 Å². The van der Waals surface area contributed by atoms with Crippen LogP contribution >= 0.6 is 11.6 Å². The molecule has 0 aliphatic carbocycles. The summed E-state index contributed by atoms with van der Waals surface area (Å²) in [5, 5.41) is 4.14. The first-order valence-corrected chi connectivity index (χ1v) is 10.1. The molecule has 8 heteroatoms. The Kier molecular flexibility index (Phi) is 5.55. The van der Waals surface area contributed by atoms with E-state index in [9.17, 15) is 13.2 Å². The van der Waals surface area contributed by atoms with Crippen molar-refractivity contribution in [2.75, 3.05) is 13.6 Å². The van der Waals surface area contributed by atoms with Crippen LogP contribution in [0.25, 0.3) is 11.0 Å². The molecule has 1 heterocycles. The van der Waals surface area contributed by atoms with Gasteiger partial charge in [0.2, 0.25) is 15.9 Å². The predicted molar refractivity (Wildman–Crippen MR) is 104 cm³/mol. The molecule has 1 unspecified atom stereocenters. The van der Waals surface area contributed by atoms with E-state index in [0.717, 1.165) is 15.3 Å². The lowest BCUT2D eigenvalue weighted by Gasteiger charge is -2.18. The fraction of sp³-hybridized carbons (Fsp3) is 0.211. The van der Waals surface area contributed by atoms with Crippen LogP contribution in [0.4, 0.5) is 0 Å². The van der Waals surface area contributed by atoms with E-state index in [0.29, 0.717) is 10.8 Å². The van der Waals surface area contributed by atoms with Gasteiger partial charge < -0.3 is 9.73 Å². The van der Waals surface area contributed by atoms with Crippen LogP contribution in [0.3, 0.4) is 0 Å². The minimum Gasteiger partial charge on any atom is -0.459 e. The molecule has 2 aromatic carbocycles. The lowest BCUT2D eigenvalue weighted by atomic mass is 10.2. The van der Waals surface area contributed by atoms with E-state index >= 15 is 0 Å². The highest BCUT2D eigenvalue weighted by Gasteiger charge is 2.24. The van der Waals surface area contributed by atoms with Crippen molar-refractivity contribution in [1.82, 2.24) is 9.62 Å². The van der Waals surface area contributed by atoms with E-state index in [4.69, 9.17) is 16.0 Å². The predicted octanol–water partition coefficient (Wildman–Crippen LogP) is 3.58. The maximum atomic E-state index is 12.5. The van der Waals surface area contributed by atoms with E-state index in [1.807, 2.05) is 30.3 Å². The number of para-hydroxylation sites is 1. The average molecular weight is 407 g/mol. The number of amides is 1. The first kappa shape index (κ1) is 19.4. The molecule has 0 saturated carbocycles. The number of nitrogens with one attached hydrogen (secondary N) is 1. The van der Waals surface area contributed by atoms with Crippen LogP contribution in [-0.4, -0.2) is 32.2 Å². The quantitative estimate of drug-likeness (QED) is 0.678. The first-order valence-electron chi connectivity index (χ1n) is 8.27. The van der Waals surface area contributed by atoms with Gasteiger partial charge in [0.25, 0.3) is 0 Å². The second-order valence-electron chi connectivity index (χ2n) is 6.19. The van der Waals surface area contributed by atoms with Gasteiger partial charge in [-0.3, -0.25) is 4.79 Å². The Morgan fingerprint density at radius 1 is 1.19 bits per heavy atom. The Morgan fingerprint density at radius 2 is 1.85 bits per heavy atom. The summed E-state index contributed by atoms with van der Waals surface area (Å²) in [6, 6.07) is 14.8. The largest absolute Gasteiger partial charge is 0.459 e. The van der Waals surface area contributed by atoms with E-state index in [-0.39, 0.29) is 11.4 Å². The number of hydrogen-bond donors (Lipinski definition) is 1. The summed E-state index contributed by atoms with van der Waals surface area (Å²) >= 11 is 5.79. The average Bonchev–Trinajstić information content (AvgIpc) is 3.06. The van der Waals surface area contributed by atoms with Crippen molar-refractivity contribution in [2.45, 2.75) is 17.9 Å². The van der Waals surface area contributed by atoms with Crippen molar-refractivity contribution in [3.05, 3.63) is 65.4 Å². The number of fused-ring (bicyclic) bond motifs is 1. The molecule has 6 nitrogen and oxygen atoms in total. The molecule has 142 valence electrons. The van der Waals surface area contributed by atoms with Gasteiger partial charge in [-0.05, 0) is 43.3 Å². The van der Waals surface area contributed by atoms with Crippen molar-refractivity contribution in [1.29, 1.82) is 0 Å². The van der Waals surface area contributed by atoms with Crippen LogP contribution in [0, 0.1) is 0 Å². The molecule has 0 spiro atoms. The molecule has 0 bridgehead atoms. The van der Waals surface area contributed by atoms with Crippen LogP contribution in [0.1, 0.15) is 18.7 Å². The van der Waals surface area contributed by atoms with Crippen LogP contribution < -0.4 is 5.32 Å². The molecule has 0 radical (unpaired) electrons. The highest BCUT2D eigenvalue weighted by molar-refractivity contribution is 7.89. The van der Waals surface area contributed by atoms with Gasteiger partial charge in [-0.15, -0.1) is 0 Å². The Bertz CT molecular complexity index is 1030. The summed E-state index contributed by atoms with van der Waals surface area (Å²) in [6.07, 6.45) is 0. The number of nitrogens with zero attached hydrogens (tertiary/aromatic N) is 1. The van der Waals surface area contributed by atoms with Crippen LogP contribution in [0.2, 0.25) is 5.02 Å². The number of likely N-dealkylation sites (N-methyl/N-ethyl adjacent to an activating group) is 1. The molecule has 27 heavy (non-hydrogen) atoms. The molecular weight excluding hydrogens is 388 g/mol. The van der Waals surface area contributed by atoms with Gasteiger partial charge in [0, 0.05) is 17.5 Å². The molecule has 1 aromatic heterocycles. The van der Waals surface area contributed by atoms with Crippen molar-refractivity contribution in [3.8, 4) is 0 Å². The third-order valence-corrected chi connectivity index (χ3v) is 6.21. The van der Waals surface area contributed by atoms with Gasteiger partial charge in [-0.2, -0.15) is 4.31 Å². The Labute approximate surface area is 162 Å². The highest BCUT2D eigenvalue weighted by Crippen LogP contribution is 2.23. The molecule has 3 rings (SSSR count). The Morgan fingerprint density at radius 3 is 2.52 bits per heavy atom. The van der Waals surface area contributed by atoms with E-state index < -0.39 is 22.0 Å². The summed E-state index contributed by atoms with van der Waals surface area (Å²) < 4.78 is 31.8. The molecule has 1 amide bonds. The zero-order chi connectivity index (χ0) is 19.6. The molecule has 0 saturated heterocycles. The third kappa shape index (κ3) is 4.32. The highest BCUT2D eigenvalue weighted by atomic mass is 35.5. The summed E-state index contributed by atoms with van der Waals surface area (Å²) in [6.45, 7) is 1.47. The van der Waals surface area contributed by atoms with Crippen molar-refractivity contribution in [3.63, 3.8) is 0 Å². The Balaban J connectivity index is 1.66. The van der Waals surface area contributed by atoms with Crippen molar-refractivity contribution in [2.24, 2.45) is 0 Å². The first-order chi connectivity index (χ1) is 12.8. The summed E-state index contributed by atoms with van der Waals surface area (Å²) in [7, 11) is -2.42. The van der Waals surface area contributed by atoms with Gasteiger partial charge in [-0.25, -0.2) is 8.42 Å². The lowest BCUT2D eigenvalue weighted by molar-refractivity contribution is -0.121. The van der Waals surface area contributed by atoms with E-state index in [1.165, 1.54) is 31.3 Å². The smallest absolute Gasteiger partial charge is 0.243 e. The van der Waals surface area contributed by atoms with Crippen LogP contribution in [0.15, 0.2) is 63.9 Å².